The molecule has 0 atom stereocenters. The summed E-state index contributed by atoms with van der Waals surface area (Å²) in [7, 11) is 0. The highest BCUT2D eigenvalue weighted by Crippen LogP contribution is 2.13. The number of hydrogen-bond acceptors (Lipinski definition) is 2. The number of aryl methyl sites for hydroxylation is 1. The van der Waals surface area contributed by atoms with Gasteiger partial charge in [-0.25, -0.2) is 4.79 Å². The second-order valence-corrected chi connectivity index (χ2v) is 5.03. The summed E-state index contributed by atoms with van der Waals surface area (Å²) in [6.07, 6.45) is 6.33. The smallest absolute Gasteiger partial charge is 0.412 e. The van der Waals surface area contributed by atoms with Crippen LogP contribution in [0.15, 0.2) is 24.3 Å². The lowest BCUT2D eigenvalue weighted by Crippen LogP contribution is -2.27. The van der Waals surface area contributed by atoms with E-state index in [-0.39, 0.29) is 0 Å². The highest BCUT2D eigenvalue weighted by molar-refractivity contribution is 5.84. The second-order valence-electron chi connectivity index (χ2n) is 5.03. The zero-order valence-electron chi connectivity index (χ0n) is 11.1. The van der Waals surface area contributed by atoms with Gasteiger partial charge in [0.1, 0.15) is 5.60 Å². The van der Waals surface area contributed by atoms with Crippen molar-refractivity contribution in [3.05, 3.63) is 29.8 Å². The van der Waals surface area contributed by atoms with E-state index in [9.17, 15) is 4.79 Å². The first-order chi connectivity index (χ1) is 8.40. The predicted octanol–water partition coefficient (Wildman–Crippen LogP) is 3.60. The van der Waals surface area contributed by atoms with E-state index < -0.39 is 11.7 Å². The van der Waals surface area contributed by atoms with Crippen molar-refractivity contribution in [1.82, 2.24) is 0 Å². The molecule has 1 rings (SSSR count). The lowest BCUT2D eigenvalue weighted by atomic mass is 10.1. The fraction of sp³-hybridized carbons (Fsp3) is 0.400. The van der Waals surface area contributed by atoms with Crippen LogP contribution in [0.1, 0.15) is 32.8 Å². The molecule has 1 aromatic carbocycles. The number of terminal acetylenes is 1. The van der Waals surface area contributed by atoms with Gasteiger partial charge in [0.15, 0.2) is 0 Å². The normalized spacial score (nSPS) is 10.6. The average Bonchev–Trinajstić information content (AvgIpc) is 2.25. The minimum atomic E-state index is -0.489. The zero-order chi connectivity index (χ0) is 13.6. The van der Waals surface area contributed by atoms with Crippen molar-refractivity contribution in [1.29, 1.82) is 0 Å². The monoisotopic (exact) mass is 245 g/mol. The molecule has 3 nitrogen and oxygen atoms in total. The zero-order valence-corrected chi connectivity index (χ0v) is 11.1. The van der Waals surface area contributed by atoms with Crippen LogP contribution in [0.5, 0.6) is 0 Å². The molecule has 3 heteroatoms. The molecular weight excluding hydrogens is 226 g/mol. The highest BCUT2D eigenvalue weighted by atomic mass is 16.6. The van der Waals surface area contributed by atoms with Gasteiger partial charge in [0.25, 0.3) is 0 Å². The lowest BCUT2D eigenvalue weighted by Gasteiger charge is -2.19. The van der Waals surface area contributed by atoms with Gasteiger partial charge in [-0.15, -0.1) is 12.3 Å². The van der Waals surface area contributed by atoms with Crippen LogP contribution in [0.4, 0.5) is 10.5 Å². The maximum Gasteiger partial charge on any atom is 0.412 e. The predicted molar refractivity (Wildman–Crippen MR) is 73.5 cm³/mol. The molecule has 18 heavy (non-hydrogen) atoms. The first-order valence-corrected chi connectivity index (χ1v) is 5.93. The topological polar surface area (TPSA) is 38.3 Å². The Kier molecular flexibility index (Phi) is 4.79. The molecule has 0 fully saturated rings. The van der Waals surface area contributed by atoms with Gasteiger partial charge in [0.05, 0.1) is 0 Å². The molecule has 0 unspecified atom stereocenters. The molecule has 96 valence electrons. The van der Waals surface area contributed by atoms with E-state index in [0.717, 1.165) is 18.4 Å². The van der Waals surface area contributed by atoms with Crippen LogP contribution in [0.25, 0.3) is 0 Å². The standard InChI is InChI=1S/C15H19NO2/c1-5-6-7-12-8-10-13(11-9-12)16-14(17)18-15(2,3)4/h1,8-11H,6-7H2,2-4H3,(H,16,17). The Morgan fingerprint density at radius 2 is 1.94 bits per heavy atom. The minimum Gasteiger partial charge on any atom is -0.444 e. The number of carbonyl (C=O) groups excluding carboxylic acids is 1. The van der Waals surface area contributed by atoms with Crippen molar-refractivity contribution in [2.75, 3.05) is 5.32 Å². The van der Waals surface area contributed by atoms with Crippen LogP contribution in [0, 0.1) is 12.3 Å². The number of nitrogens with one attached hydrogen (secondary N) is 1. The third kappa shape index (κ3) is 5.40. The van der Waals surface area contributed by atoms with Crippen LogP contribution in [0.2, 0.25) is 0 Å². The number of benzene rings is 1. The number of carbonyl (C=O) groups is 1. The number of anilines is 1. The Labute approximate surface area is 109 Å². The van der Waals surface area contributed by atoms with E-state index in [0.29, 0.717) is 5.69 Å². The molecule has 0 aliphatic carbocycles. The summed E-state index contributed by atoms with van der Waals surface area (Å²) >= 11 is 0. The number of amides is 1. The molecule has 0 aliphatic heterocycles. The Bertz CT molecular complexity index is 435. The molecular formula is C15H19NO2. The Balaban J connectivity index is 2.54. The second kappa shape index (κ2) is 6.11. The van der Waals surface area contributed by atoms with Gasteiger partial charge < -0.3 is 4.74 Å². The van der Waals surface area contributed by atoms with Crippen molar-refractivity contribution in [3.8, 4) is 12.3 Å². The van der Waals surface area contributed by atoms with Crippen LogP contribution < -0.4 is 5.32 Å². The average molecular weight is 245 g/mol. The SMILES string of the molecule is C#CCCc1ccc(NC(=O)OC(C)(C)C)cc1. The van der Waals surface area contributed by atoms with E-state index in [1.54, 1.807) is 0 Å². The Morgan fingerprint density at radius 3 is 2.44 bits per heavy atom. The molecule has 0 radical (unpaired) electrons. The molecule has 0 aliphatic rings. The Hall–Kier alpha value is -1.95. The molecule has 1 N–H and O–H groups in total. The number of rotatable bonds is 3. The summed E-state index contributed by atoms with van der Waals surface area (Å²) < 4.78 is 5.16. The number of hydrogen-bond donors (Lipinski definition) is 1. The molecule has 0 saturated heterocycles. The van der Waals surface area contributed by atoms with Gasteiger partial charge in [0, 0.05) is 12.1 Å². The van der Waals surface area contributed by atoms with Gasteiger partial charge in [-0.05, 0) is 44.9 Å². The molecule has 0 saturated carbocycles. The first-order valence-electron chi connectivity index (χ1n) is 5.93. The van der Waals surface area contributed by atoms with Crippen molar-refractivity contribution in [3.63, 3.8) is 0 Å². The van der Waals surface area contributed by atoms with Gasteiger partial charge in [0.2, 0.25) is 0 Å². The fourth-order valence-corrected chi connectivity index (χ4v) is 1.39. The maximum atomic E-state index is 11.5. The van der Waals surface area contributed by atoms with Crippen molar-refractivity contribution in [2.24, 2.45) is 0 Å². The van der Waals surface area contributed by atoms with Crippen LogP contribution in [0.3, 0.4) is 0 Å². The summed E-state index contributed by atoms with van der Waals surface area (Å²) in [4.78, 5) is 11.5. The third-order valence-electron chi connectivity index (χ3n) is 2.16. The van der Waals surface area contributed by atoms with Crippen molar-refractivity contribution >= 4 is 11.8 Å². The van der Waals surface area contributed by atoms with Gasteiger partial charge in [-0.1, -0.05) is 12.1 Å². The van der Waals surface area contributed by atoms with E-state index >= 15 is 0 Å². The van der Waals surface area contributed by atoms with Crippen LogP contribution >= 0.6 is 0 Å². The van der Waals surface area contributed by atoms with Crippen LogP contribution in [-0.2, 0) is 11.2 Å². The molecule has 0 spiro atoms. The Morgan fingerprint density at radius 1 is 1.33 bits per heavy atom. The first kappa shape index (κ1) is 14.1. The van der Waals surface area contributed by atoms with Gasteiger partial charge in [-0.3, -0.25) is 5.32 Å². The third-order valence-corrected chi connectivity index (χ3v) is 2.16. The summed E-state index contributed by atoms with van der Waals surface area (Å²) in [6, 6.07) is 7.58. The molecule has 0 aromatic heterocycles. The molecule has 1 aromatic rings. The summed E-state index contributed by atoms with van der Waals surface area (Å²) in [5.41, 5.74) is 1.38. The molecule has 1 amide bonds. The summed E-state index contributed by atoms with van der Waals surface area (Å²) in [5, 5.41) is 2.68. The lowest BCUT2D eigenvalue weighted by molar-refractivity contribution is 0.0636. The van der Waals surface area contributed by atoms with Gasteiger partial charge >= 0.3 is 6.09 Å². The molecule has 0 heterocycles. The van der Waals surface area contributed by atoms with E-state index in [1.807, 2.05) is 45.0 Å². The number of ether oxygens (including phenoxy) is 1. The van der Waals surface area contributed by atoms with Crippen molar-refractivity contribution in [2.45, 2.75) is 39.2 Å². The summed E-state index contributed by atoms with van der Waals surface area (Å²) in [6.45, 7) is 5.49. The van der Waals surface area contributed by atoms with Crippen molar-refractivity contribution < 1.29 is 9.53 Å². The molecule has 0 bridgehead atoms. The van der Waals surface area contributed by atoms with Gasteiger partial charge in [-0.2, -0.15) is 0 Å². The van der Waals surface area contributed by atoms with E-state index in [2.05, 4.69) is 11.2 Å². The highest BCUT2D eigenvalue weighted by Gasteiger charge is 2.15. The van der Waals surface area contributed by atoms with Crippen LogP contribution in [-0.4, -0.2) is 11.7 Å². The van der Waals surface area contributed by atoms with E-state index in [4.69, 9.17) is 11.2 Å². The quantitative estimate of drug-likeness (QED) is 0.826. The minimum absolute atomic E-state index is 0.445. The largest absolute Gasteiger partial charge is 0.444 e. The summed E-state index contributed by atoms with van der Waals surface area (Å²) in [5.74, 6) is 2.60. The van der Waals surface area contributed by atoms with E-state index in [1.165, 1.54) is 0 Å². The fourth-order valence-electron chi connectivity index (χ4n) is 1.39. The maximum absolute atomic E-state index is 11.5.